The smallest absolute Gasteiger partial charge is 0.165 e. The number of nitrogens with zero attached hydrogens (tertiary/aromatic N) is 1. The molecule has 0 saturated carbocycles. The van der Waals surface area contributed by atoms with Crippen molar-refractivity contribution in [2.75, 3.05) is 33.3 Å². The summed E-state index contributed by atoms with van der Waals surface area (Å²) < 4.78 is 19.4. The Morgan fingerprint density at radius 2 is 2.05 bits per heavy atom. The maximum absolute atomic E-state index is 14.1. The van der Waals surface area contributed by atoms with Crippen LogP contribution in [0.2, 0.25) is 0 Å². The van der Waals surface area contributed by atoms with Crippen molar-refractivity contribution in [2.24, 2.45) is 0 Å². The summed E-state index contributed by atoms with van der Waals surface area (Å²) in [6, 6.07) is 9.39. The highest BCUT2D eigenvalue weighted by Gasteiger charge is 2.28. The summed E-state index contributed by atoms with van der Waals surface area (Å²) in [5.41, 5.74) is 0.904. The SMILES string of the molecule is COc1c(F)cccc1[C@H](c1cccs1)N1CCNCC1. The number of benzene rings is 1. The lowest BCUT2D eigenvalue weighted by molar-refractivity contribution is 0.197. The normalized spacial score (nSPS) is 17.6. The van der Waals surface area contributed by atoms with Crippen molar-refractivity contribution >= 4 is 11.3 Å². The Hall–Kier alpha value is -1.43. The van der Waals surface area contributed by atoms with Crippen LogP contribution in [-0.4, -0.2) is 38.2 Å². The molecule has 0 radical (unpaired) electrons. The van der Waals surface area contributed by atoms with Gasteiger partial charge in [-0.25, -0.2) is 4.39 Å². The molecule has 2 aromatic rings. The summed E-state index contributed by atoms with van der Waals surface area (Å²) >= 11 is 1.70. The van der Waals surface area contributed by atoms with Gasteiger partial charge in [0.2, 0.25) is 0 Å². The summed E-state index contributed by atoms with van der Waals surface area (Å²) in [6.07, 6.45) is 0. The third-order valence-corrected chi connectivity index (χ3v) is 4.75. The summed E-state index contributed by atoms with van der Waals surface area (Å²) in [6.45, 7) is 3.81. The molecular weight excluding hydrogens is 287 g/mol. The second kappa shape index (κ2) is 6.56. The van der Waals surface area contributed by atoms with Crippen LogP contribution in [0, 0.1) is 5.82 Å². The number of halogens is 1. The van der Waals surface area contributed by atoms with Gasteiger partial charge in [0.1, 0.15) is 0 Å². The van der Waals surface area contributed by atoms with E-state index in [1.54, 1.807) is 17.4 Å². The number of ether oxygens (including phenoxy) is 1. The molecule has 1 aromatic carbocycles. The molecule has 0 amide bonds. The highest BCUT2D eigenvalue weighted by molar-refractivity contribution is 7.10. The first-order valence-corrected chi connectivity index (χ1v) is 8.00. The molecule has 1 N–H and O–H groups in total. The molecule has 3 rings (SSSR count). The van der Waals surface area contributed by atoms with Crippen LogP contribution >= 0.6 is 11.3 Å². The highest BCUT2D eigenvalue weighted by atomic mass is 32.1. The molecule has 1 saturated heterocycles. The van der Waals surface area contributed by atoms with Crippen LogP contribution in [0.5, 0.6) is 5.75 Å². The zero-order valence-corrected chi connectivity index (χ0v) is 12.8. The largest absolute Gasteiger partial charge is 0.493 e. The van der Waals surface area contributed by atoms with E-state index in [-0.39, 0.29) is 11.9 Å². The van der Waals surface area contributed by atoms with E-state index in [2.05, 4.69) is 21.7 Å². The van der Waals surface area contributed by atoms with Gasteiger partial charge in [-0.3, -0.25) is 4.90 Å². The molecule has 21 heavy (non-hydrogen) atoms. The average Bonchev–Trinajstić information content (AvgIpc) is 3.03. The minimum absolute atomic E-state index is 0.0535. The lowest BCUT2D eigenvalue weighted by Gasteiger charge is -2.35. The lowest BCUT2D eigenvalue weighted by Crippen LogP contribution is -2.45. The Kier molecular flexibility index (Phi) is 4.53. The zero-order valence-electron chi connectivity index (χ0n) is 12.0. The van der Waals surface area contributed by atoms with Crippen molar-refractivity contribution < 1.29 is 9.13 Å². The Bertz CT molecular complexity index is 582. The molecule has 1 aliphatic rings. The third kappa shape index (κ3) is 2.95. The van der Waals surface area contributed by atoms with Crippen LogP contribution < -0.4 is 10.1 Å². The fourth-order valence-electron chi connectivity index (χ4n) is 2.87. The van der Waals surface area contributed by atoms with Crippen LogP contribution in [0.25, 0.3) is 0 Å². The summed E-state index contributed by atoms with van der Waals surface area (Å²) in [5.74, 6) is 0.0566. The Labute approximate surface area is 128 Å². The van der Waals surface area contributed by atoms with Gasteiger partial charge in [-0.05, 0) is 17.5 Å². The average molecular weight is 306 g/mol. The number of rotatable bonds is 4. The van der Waals surface area contributed by atoms with E-state index >= 15 is 0 Å². The van der Waals surface area contributed by atoms with Gasteiger partial charge in [0.25, 0.3) is 0 Å². The molecule has 0 spiro atoms. The predicted molar refractivity (Wildman–Crippen MR) is 83.6 cm³/mol. The fraction of sp³-hybridized carbons (Fsp3) is 0.375. The minimum Gasteiger partial charge on any atom is -0.493 e. The molecule has 0 bridgehead atoms. The quantitative estimate of drug-likeness (QED) is 0.940. The molecule has 0 aliphatic carbocycles. The van der Waals surface area contributed by atoms with E-state index in [4.69, 9.17) is 4.74 Å². The molecule has 0 unspecified atom stereocenters. The standard InChI is InChI=1S/C16H19FN2OS/c1-20-16-12(4-2-5-13(16)17)15(14-6-3-11-21-14)19-9-7-18-8-10-19/h2-6,11,15,18H,7-10H2,1H3/t15-/m1/s1. The summed E-state index contributed by atoms with van der Waals surface area (Å²) in [5, 5.41) is 5.43. The molecule has 2 heterocycles. The van der Waals surface area contributed by atoms with Crippen LogP contribution in [-0.2, 0) is 0 Å². The molecule has 1 fully saturated rings. The van der Waals surface area contributed by atoms with Gasteiger partial charge in [-0.1, -0.05) is 18.2 Å². The molecule has 1 aliphatic heterocycles. The van der Waals surface area contributed by atoms with E-state index in [0.29, 0.717) is 5.75 Å². The van der Waals surface area contributed by atoms with Crippen molar-refractivity contribution in [3.8, 4) is 5.75 Å². The number of methoxy groups -OCH3 is 1. The molecule has 3 nitrogen and oxygen atoms in total. The summed E-state index contributed by atoms with van der Waals surface area (Å²) in [7, 11) is 1.53. The van der Waals surface area contributed by atoms with Gasteiger partial charge in [0.15, 0.2) is 11.6 Å². The Morgan fingerprint density at radius 1 is 1.24 bits per heavy atom. The number of hydrogen-bond acceptors (Lipinski definition) is 4. The van der Waals surface area contributed by atoms with Gasteiger partial charge >= 0.3 is 0 Å². The lowest BCUT2D eigenvalue weighted by atomic mass is 10.0. The zero-order chi connectivity index (χ0) is 14.7. The van der Waals surface area contributed by atoms with Crippen LogP contribution in [0.4, 0.5) is 4.39 Å². The monoisotopic (exact) mass is 306 g/mol. The maximum atomic E-state index is 14.1. The third-order valence-electron chi connectivity index (χ3n) is 3.83. The second-order valence-corrected chi connectivity index (χ2v) is 6.05. The maximum Gasteiger partial charge on any atom is 0.165 e. The fourth-order valence-corrected chi connectivity index (χ4v) is 3.75. The number of nitrogens with one attached hydrogen (secondary N) is 1. The van der Waals surface area contributed by atoms with Crippen molar-refractivity contribution in [3.05, 3.63) is 52.0 Å². The molecule has 1 atom stereocenters. The minimum atomic E-state index is -0.299. The first kappa shape index (κ1) is 14.5. The number of piperazine rings is 1. The van der Waals surface area contributed by atoms with Gasteiger partial charge < -0.3 is 10.1 Å². The van der Waals surface area contributed by atoms with Crippen LogP contribution in [0.3, 0.4) is 0 Å². The van der Waals surface area contributed by atoms with Gasteiger partial charge in [-0.15, -0.1) is 11.3 Å². The van der Waals surface area contributed by atoms with Crippen molar-refractivity contribution in [1.29, 1.82) is 0 Å². The molecule has 112 valence electrons. The van der Waals surface area contributed by atoms with Gasteiger partial charge in [-0.2, -0.15) is 0 Å². The van der Waals surface area contributed by atoms with E-state index in [9.17, 15) is 4.39 Å². The molecule has 5 heteroatoms. The number of hydrogen-bond donors (Lipinski definition) is 1. The Balaban J connectivity index is 2.05. The molecule has 1 aromatic heterocycles. The van der Waals surface area contributed by atoms with E-state index in [0.717, 1.165) is 31.7 Å². The molecular formula is C16H19FN2OS. The second-order valence-electron chi connectivity index (χ2n) is 5.07. The highest BCUT2D eigenvalue weighted by Crippen LogP contribution is 2.38. The van der Waals surface area contributed by atoms with E-state index < -0.39 is 0 Å². The number of thiophene rings is 1. The Morgan fingerprint density at radius 3 is 2.71 bits per heavy atom. The topological polar surface area (TPSA) is 24.5 Å². The van der Waals surface area contributed by atoms with Crippen molar-refractivity contribution in [2.45, 2.75) is 6.04 Å². The van der Waals surface area contributed by atoms with Crippen molar-refractivity contribution in [3.63, 3.8) is 0 Å². The van der Waals surface area contributed by atoms with Gasteiger partial charge in [0, 0.05) is 36.6 Å². The van der Waals surface area contributed by atoms with Crippen LogP contribution in [0.1, 0.15) is 16.5 Å². The summed E-state index contributed by atoms with van der Waals surface area (Å²) in [4.78, 5) is 3.61. The predicted octanol–water partition coefficient (Wildman–Crippen LogP) is 2.89. The number of para-hydroxylation sites is 1. The first-order valence-electron chi connectivity index (χ1n) is 7.12. The van der Waals surface area contributed by atoms with Gasteiger partial charge in [0.05, 0.1) is 13.2 Å². The van der Waals surface area contributed by atoms with Crippen LogP contribution in [0.15, 0.2) is 35.7 Å². The van der Waals surface area contributed by atoms with Crippen molar-refractivity contribution in [1.82, 2.24) is 10.2 Å². The van der Waals surface area contributed by atoms with E-state index in [1.807, 2.05) is 12.1 Å². The van der Waals surface area contributed by atoms with E-state index in [1.165, 1.54) is 18.1 Å². The first-order chi connectivity index (χ1) is 10.3.